The van der Waals surface area contributed by atoms with Crippen LogP contribution in [0.5, 0.6) is 11.5 Å². The van der Waals surface area contributed by atoms with Crippen molar-refractivity contribution in [2.24, 2.45) is 0 Å². The van der Waals surface area contributed by atoms with E-state index in [2.05, 4.69) is 50.4 Å². The fraction of sp³-hybridized carbons (Fsp3) is 0.538. The summed E-state index contributed by atoms with van der Waals surface area (Å²) in [5, 5.41) is 14.8. The first-order chi connectivity index (χ1) is 15.6. The van der Waals surface area contributed by atoms with Gasteiger partial charge in [-0.2, -0.15) is 0 Å². The van der Waals surface area contributed by atoms with E-state index in [1.807, 2.05) is 18.2 Å². The zero-order valence-corrected chi connectivity index (χ0v) is 23.0. The van der Waals surface area contributed by atoms with E-state index < -0.39 is 5.60 Å². The van der Waals surface area contributed by atoms with Crippen LogP contribution in [0.1, 0.15) is 55.7 Å². The van der Waals surface area contributed by atoms with Gasteiger partial charge in [-0.15, -0.1) is 24.8 Å². The molecule has 4 rings (SSSR count). The number of methoxy groups -OCH3 is 1. The maximum atomic E-state index is 11.4. The van der Waals surface area contributed by atoms with E-state index in [0.717, 1.165) is 79.8 Å². The summed E-state index contributed by atoms with van der Waals surface area (Å²) in [4.78, 5) is 2.51. The highest BCUT2D eigenvalue weighted by molar-refractivity contribution is 9.10. The SMILES string of the molecule is COc1cc(C(CC2(O)CCCCC2)N2CCNCC2)cc(Br)c1OCc1ccccc1.Cl.Cl. The van der Waals surface area contributed by atoms with Gasteiger partial charge in [0.15, 0.2) is 11.5 Å². The smallest absolute Gasteiger partial charge is 0.175 e. The van der Waals surface area contributed by atoms with Gasteiger partial charge in [-0.3, -0.25) is 4.90 Å². The third-order valence-corrected chi connectivity index (χ3v) is 7.40. The first-order valence-corrected chi connectivity index (χ1v) is 12.6. The molecule has 0 aromatic heterocycles. The lowest BCUT2D eigenvalue weighted by molar-refractivity contribution is -0.0296. The molecule has 2 fully saturated rings. The van der Waals surface area contributed by atoms with Crippen LogP contribution in [-0.2, 0) is 6.61 Å². The number of hydrogen-bond donors (Lipinski definition) is 2. The number of rotatable bonds is 8. The number of piperazine rings is 1. The van der Waals surface area contributed by atoms with Crippen LogP contribution in [0.2, 0.25) is 0 Å². The zero-order valence-electron chi connectivity index (χ0n) is 19.8. The van der Waals surface area contributed by atoms with E-state index in [1.165, 1.54) is 12.0 Å². The molecule has 1 saturated carbocycles. The third-order valence-electron chi connectivity index (χ3n) is 6.81. The molecule has 5 nitrogen and oxygen atoms in total. The van der Waals surface area contributed by atoms with E-state index in [0.29, 0.717) is 6.61 Å². The van der Waals surface area contributed by atoms with Crippen molar-refractivity contribution in [3.05, 3.63) is 58.1 Å². The van der Waals surface area contributed by atoms with Crippen LogP contribution < -0.4 is 14.8 Å². The van der Waals surface area contributed by atoms with Gasteiger partial charge in [0, 0.05) is 32.2 Å². The van der Waals surface area contributed by atoms with Gasteiger partial charge >= 0.3 is 0 Å². The fourth-order valence-corrected chi connectivity index (χ4v) is 5.60. The van der Waals surface area contributed by atoms with Crippen LogP contribution in [-0.4, -0.2) is 48.9 Å². The monoisotopic (exact) mass is 574 g/mol. The third kappa shape index (κ3) is 7.49. The van der Waals surface area contributed by atoms with Crippen molar-refractivity contribution in [2.45, 2.75) is 56.8 Å². The lowest BCUT2D eigenvalue weighted by atomic mass is 9.78. The van der Waals surface area contributed by atoms with E-state index >= 15 is 0 Å². The molecule has 2 aromatic rings. The minimum atomic E-state index is -0.587. The molecule has 8 heteroatoms. The highest BCUT2D eigenvalue weighted by Gasteiger charge is 2.36. The Morgan fingerprint density at radius 3 is 2.38 bits per heavy atom. The minimum Gasteiger partial charge on any atom is -0.493 e. The van der Waals surface area contributed by atoms with Crippen LogP contribution in [0, 0.1) is 0 Å². The molecule has 0 radical (unpaired) electrons. The Morgan fingerprint density at radius 2 is 1.74 bits per heavy atom. The lowest BCUT2D eigenvalue weighted by Gasteiger charge is -2.41. The van der Waals surface area contributed by atoms with Crippen molar-refractivity contribution in [1.82, 2.24) is 10.2 Å². The molecule has 2 aromatic carbocycles. The van der Waals surface area contributed by atoms with E-state index in [4.69, 9.17) is 9.47 Å². The van der Waals surface area contributed by atoms with Crippen LogP contribution in [0.4, 0.5) is 0 Å². The fourth-order valence-electron chi connectivity index (χ4n) is 5.03. The number of benzene rings is 2. The largest absolute Gasteiger partial charge is 0.493 e. The second kappa shape index (κ2) is 13.9. The number of nitrogens with one attached hydrogen (secondary N) is 1. The number of nitrogens with zero attached hydrogens (tertiary/aromatic N) is 1. The van der Waals surface area contributed by atoms with Gasteiger partial charge in [0.25, 0.3) is 0 Å². The Hall–Kier alpha value is -1.02. The lowest BCUT2D eigenvalue weighted by Crippen LogP contribution is -2.47. The summed E-state index contributed by atoms with van der Waals surface area (Å²) in [7, 11) is 1.69. The van der Waals surface area contributed by atoms with Crippen molar-refractivity contribution in [3.8, 4) is 11.5 Å². The molecule has 34 heavy (non-hydrogen) atoms. The van der Waals surface area contributed by atoms with Crippen LogP contribution in [0.3, 0.4) is 0 Å². The molecule has 1 atom stereocenters. The van der Waals surface area contributed by atoms with Crippen LogP contribution in [0.15, 0.2) is 46.9 Å². The van der Waals surface area contributed by atoms with Crippen molar-refractivity contribution < 1.29 is 14.6 Å². The van der Waals surface area contributed by atoms with Gasteiger partial charge in [0.2, 0.25) is 0 Å². The molecule has 1 heterocycles. The quantitative estimate of drug-likeness (QED) is 0.410. The average Bonchev–Trinajstić information content (AvgIpc) is 2.83. The first kappa shape index (κ1) is 29.2. The summed E-state index contributed by atoms with van der Waals surface area (Å²) in [6.07, 6.45) is 6.01. The Morgan fingerprint density at radius 1 is 1.06 bits per heavy atom. The molecule has 2 aliphatic rings. The van der Waals surface area contributed by atoms with Crippen molar-refractivity contribution in [1.29, 1.82) is 0 Å². The summed E-state index contributed by atoms with van der Waals surface area (Å²) in [6, 6.07) is 14.6. The second-order valence-corrected chi connectivity index (χ2v) is 9.95. The summed E-state index contributed by atoms with van der Waals surface area (Å²) >= 11 is 3.74. The van der Waals surface area contributed by atoms with Gasteiger partial charge in [0.05, 0.1) is 17.2 Å². The summed E-state index contributed by atoms with van der Waals surface area (Å²) < 4.78 is 12.8. The molecule has 1 saturated heterocycles. The van der Waals surface area contributed by atoms with E-state index in [-0.39, 0.29) is 30.9 Å². The highest BCUT2D eigenvalue weighted by Crippen LogP contribution is 2.43. The van der Waals surface area contributed by atoms with Crippen LogP contribution >= 0.6 is 40.7 Å². The first-order valence-electron chi connectivity index (χ1n) is 11.8. The van der Waals surface area contributed by atoms with Crippen molar-refractivity contribution in [3.63, 3.8) is 0 Å². The Kier molecular flexibility index (Phi) is 11.9. The second-order valence-electron chi connectivity index (χ2n) is 9.10. The van der Waals surface area contributed by atoms with Crippen molar-refractivity contribution in [2.75, 3.05) is 33.3 Å². The number of ether oxygens (including phenoxy) is 2. The van der Waals surface area contributed by atoms with Crippen molar-refractivity contribution >= 4 is 40.7 Å². The van der Waals surface area contributed by atoms with Gasteiger partial charge in [-0.05, 0) is 58.5 Å². The Bertz CT molecular complexity index is 876. The number of hydrogen-bond acceptors (Lipinski definition) is 5. The van der Waals surface area contributed by atoms with Crippen LogP contribution in [0.25, 0.3) is 0 Å². The molecule has 190 valence electrons. The molecule has 0 amide bonds. The minimum absolute atomic E-state index is 0. The summed E-state index contributed by atoms with van der Waals surface area (Å²) in [6.45, 7) is 4.40. The molecule has 1 aliphatic heterocycles. The average molecular weight is 576 g/mol. The Balaban J connectivity index is 0.00000204. The molecule has 1 unspecified atom stereocenters. The zero-order chi connectivity index (χ0) is 22.4. The van der Waals surface area contributed by atoms with Gasteiger partial charge in [-0.1, -0.05) is 49.6 Å². The molecule has 0 bridgehead atoms. The van der Waals surface area contributed by atoms with E-state index in [1.54, 1.807) is 7.11 Å². The summed E-state index contributed by atoms with van der Waals surface area (Å²) in [5.41, 5.74) is 1.70. The van der Waals surface area contributed by atoms with E-state index in [9.17, 15) is 5.11 Å². The summed E-state index contributed by atoms with van der Waals surface area (Å²) in [5.74, 6) is 1.44. The number of halogens is 3. The Labute approximate surface area is 224 Å². The standard InChI is InChI=1S/C26H35BrN2O3.2ClH/c1-31-24-17-21(16-22(27)25(24)32-19-20-8-4-2-5-9-20)23(29-14-12-28-13-15-29)18-26(30)10-6-3-7-11-26;;/h2,4-5,8-9,16-17,23,28,30H,3,6-7,10-15,18-19H2,1H3;2*1H. The maximum Gasteiger partial charge on any atom is 0.175 e. The molecular formula is C26H37BrCl2N2O3. The van der Waals surface area contributed by atoms with Gasteiger partial charge in [0.1, 0.15) is 6.61 Å². The molecular weight excluding hydrogens is 539 g/mol. The molecule has 1 aliphatic carbocycles. The topological polar surface area (TPSA) is 54.0 Å². The number of aliphatic hydroxyl groups is 1. The molecule has 0 spiro atoms. The maximum absolute atomic E-state index is 11.4. The normalized spacial score (nSPS) is 18.8. The molecule has 2 N–H and O–H groups in total. The highest BCUT2D eigenvalue weighted by atomic mass is 79.9. The van der Waals surface area contributed by atoms with Gasteiger partial charge in [-0.25, -0.2) is 0 Å². The predicted molar refractivity (Wildman–Crippen MR) is 146 cm³/mol. The van der Waals surface area contributed by atoms with Gasteiger partial charge < -0.3 is 19.9 Å². The predicted octanol–water partition coefficient (Wildman–Crippen LogP) is 5.91.